The highest BCUT2D eigenvalue weighted by molar-refractivity contribution is 7.85. The molecule has 14 heteroatoms. The van der Waals surface area contributed by atoms with Crippen molar-refractivity contribution in [2.45, 2.75) is 76.4 Å². The van der Waals surface area contributed by atoms with Crippen molar-refractivity contribution in [3.63, 3.8) is 0 Å². The number of esters is 2. The predicted molar refractivity (Wildman–Crippen MR) is 145 cm³/mol. The van der Waals surface area contributed by atoms with E-state index < -0.39 is 50.9 Å². The molecule has 0 radical (unpaired) electrons. The number of ether oxygens (including phenoxy) is 2. The van der Waals surface area contributed by atoms with Crippen LogP contribution in [0.5, 0.6) is 0 Å². The summed E-state index contributed by atoms with van der Waals surface area (Å²) in [4.78, 5) is 26.9. The van der Waals surface area contributed by atoms with Crippen LogP contribution < -0.4 is 0 Å². The van der Waals surface area contributed by atoms with E-state index in [1.54, 1.807) is 0 Å². The van der Waals surface area contributed by atoms with E-state index >= 15 is 0 Å². The van der Waals surface area contributed by atoms with Crippen LogP contribution in [0, 0.1) is 22.7 Å². The average molecular weight is 568 g/mol. The Kier molecular flexibility index (Phi) is 8.31. The lowest BCUT2D eigenvalue weighted by Crippen LogP contribution is -2.59. The summed E-state index contributed by atoms with van der Waals surface area (Å²) in [7, 11) is 1.14. The highest BCUT2D eigenvalue weighted by Crippen LogP contribution is 2.66. The van der Waals surface area contributed by atoms with Crippen molar-refractivity contribution in [2.75, 3.05) is 5.75 Å². The smallest absolute Gasteiger partial charge is 0.426 e. The van der Waals surface area contributed by atoms with Gasteiger partial charge in [-0.05, 0) is 61.5 Å². The van der Waals surface area contributed by atoms with E-state index in [0.717, 1.165) is 42.1 Å². The highest BCUT2D eigenvalue weighted by atomic mass is 32.2. The molecule has 7 nitrogen and oxygen atoms in total. The molecule has 212 valence electrons. The molecule has 3 atom stereocenters. The first-order valence-corrected chi connectivity index (χ1v) is 15.3. The van der Waals surface area contributed by atoms with Crippen molar-refractivity contribution >= 4 is 45.6 Å². The van der Waals surface area contributed by atoms with E-state index in [1.807, 2.05) is 0 Å². The lowest BCUT2D eigenvalue weighted by atomic mass is 9.44. The molecule has 4 fully saturated rings. The van der Waals surface area contributed by atoms with Crippen LogP contribution in [0.3, 0.4) is 0 Å². The summed E-state index contributed by atoms with van der Waals surface area (Å²) in [6.45, 7) is 0.0852. The fourth-order valence-corrected chi connectivity index (χ4v) is 8.29. The Hall–Kier alpha value is -1.95. The number of alkyl halides is 3. The van der Waals surface area contributed by atoms with Crippen molar-refractivity contribution in [2.24, 2.45) is 22.7 Å². The Morgan fingerprint density at radius 2 is 1.54 bits per heavy atom. The van der Waals surface area contributed by atoms with Gasteiger partial charge >= 0.3 is 18.1 Å². The molecule has 1 N–H and O–H groups in total. The number of benzene rings is 1. The summed E-state index contributed by atoms with van der Waals surface area (Å²) in [5.74, 6) is -3.45. The van der Waals surface area contributed by atoms with Crippen LogP contribution in [0.1, 0.15) is 60.8 Å². The second-order valence-corrected chi connectivity index (χ2v) is 13.2. The Bertz CT molecular complexity index is 1220. The Morgan fingerprint density at radius 1 is 0.974 bits per heavy atom. The zero-order valence-corrected chi connectivity index (χ0v) is 23.4. The van der Waals surface area contributed by atoms with Gasteiger partial charge in [-0.1, -0.05) is 42.2 Å². The summed E-state index contributed by atoms with van der Waals surface area (Å²) in [6.07, 6.45) is -3.33. The Labute approximate surface area is 229 Å². The van der Waals surface area contributed by atoms with Crippen LogP contribution in [0.2, 0.25) is 0 Å². The number of rotatable bonds is 10. The van der Waals surface area contributed by atoms with Crippen molar-refractivity contribution in [3.05, 3.63) is 34.4 Å². The van der Waals surface area contributed by atoms with Gasteiger partial charge in [0, 0.05) is 0 Å². The molecule has 0 aromatic heterocycles. The van der Waals surface area contributed by atoms with E-state index in [-0.39, 0.29) is 37.7 Å². The molecule has 0 saturated heterocycles. The molecular formula is C25H34B3F3O7S. The standard InChI is InChI=1S/C25H34B3F3O7S/c26-8-14-2-17(9-27)19(10-28)18(3-14)11-37-21(32)23-4-15-1-16(5-23)7-24(6-15,13-23)22(33)38-20(25(29,30)31)12-39(34,35)36/h2-3,15-16,20H,1,4-13,26-28H2,(H,34,35,36). The third kappa shape index (κ3) is 6.21. The van der Waals surface area contributed by atoms with Gasteiger partial charge in [-0.2, -0.15) is 21.6 Å². The third-order valence-electron chi connectivity index (χ3n) is 8.90. The molecule has 1 aromatic rings. The number of hydrogen-bond acceptors (Lipinski definition) is 6. The topological polar surface area (TPSA) is 107 Å². The zero-order valence-electron chi connectivity index (χ0n) is 22.6. The maximum atomic E-state index is 13.6. The van der Waals surface area contributed by atoms with Crippen molar-refractivity contribution in [1.29, 1.82) is 0 Å². The van der Waals surface area contributed by atoms with E-state index in [2.05, 4.69) is 35.7 Å². The minimum atomic E-state index is -5.17. The minimum absolute atomic E-state index is 0.0109. The molecule has 3 unspecified atom stereocenters. The number of hydrogen-bond donors (Lipinski definition) is 1. The van der Waals surface area contributed by atoms with Crippen molar-refractivity contribution in [1.82, 2.24) is 0 Å². The van der Waals surface area contributed by atoms with Crippen molar-refractivity contribution in [3.8, 4) is 0 Å². The Morgan fingerprint density at radius 3 is 2.03 bits per heavy atom. The quantitative estimate of drug-likeness (QED) is 0.256. The van der Waals surface area contributed by atoms with E-state index in [4.69, 9.17) is 14.0 Å². The van der Waals surface area contributed by atoms with Crippen LogP contribution in [0.4, 0.5) is 13.2 Å². The monoisotopic (exact) mass is 568 g/mol. The molecule has 1 aromatic carbocycles. The third-order valence-corrected chi connectivity index (χ3v) is 9.62. The molecule has 39 heavy (non-hydrogen) atoms. The first kappa shape index (κ1) is 30.0. The second kappa shape index (κ2) is 10.8. The molecule has 4 aliphatic carbocycles. The fourth-order valence-electron chi connectivity index (χ4n) is 7.65. The van der Waals surface area contributed by atoms with E-state index in [0.29, 0.717) is 12.8 Å². The molecule has 4 bridgehead atoms. The summed E-state index contributed by atoms with van der Waals surface area (Å²) in [5.41, 5.74) is 2.13. The number of halogens is 3. The van der Waals surface area contributed by atoms with Gasteiger partial charge < -0.3 is 9.47 Å². The predicted octanol–water partition coefficient (Wildman–Crippen LogP) is 1.08. The summed E-state index contributed by atoms with van der Waals surface area (Å²) in [6, 6.07) is 4.23. The SMILES string of the molecule is BCc1cc(CB)c(CB)c(COC(=O)C23CC4CC(C2)CC(C(=O)OC(CS(=O)(=O)O)C(F)(F)F)(C4)C3)c1. The number of carbonyl (C=O) groups excluding carboxylic acids is 2. The number of carbonyl (C=O) groups is 2. The molecule has 4 saturated carbocycles. The van der Waals surface area contributed by atoms with Gasteiger partial charge in [0.2, 0.25) is 6.10 Å². The maximum Gasteiger partial charge on any atom is 0.426 e. The van der Waals surface area contributed by atoms with Gasteiger partial charge in [0.05, 0.1) is 10.8 Å². The first-order valence-electron chi connectivity index (χ1n) is 13.7. The van der Waals surface area contributed by atoms with Crippen LogP contribution in [0.25, 0.3) is 0 Å². The van der Waals surface area contributed by atoms with Crippen LogP contribution in [-0.4, -0.2) is 66.5 Å². The zero-order chi connectivity index (χ0) is 28.8. The van der Waals surface area contributed by atoms with E-state index in [9.17, 15) is 31.2 Å². The maximum absolute atomic E-state index is 13.6. The molecule has 5 rings (SSSR count). The molecule has 4 aliphatic rings. The summed E-state index contributed by atoms with van der Waals surface area (Å²) in [5, 5.41) is 0. The lowest BCUT2D eigenvalue weighted by molar-refractivity contribution is -0.231. The van der Waals surface area contributed by atoms with Gasteiger partial charge in [0.1, 0.15) is 35.9 Å². The van der Waals surface area contributed by atoms with Gasteiger partial charge in [-0.25, -0.2) is 0 Å². The lowest BCUT2D eigenvalue weighted by Gasteiger charge is -2.59. The molecule has 0 aliphatic heterocycles. The Balaban J connectivity index is 1.55. The summed E-state index contributed by atoms with van der Waals surface area (Å²) < 4.78 is 82.5. The molecular weight excluding hydrogens is 534 g/mol. The van der Waals surface area contributed by atoms with Crippen LogP contribution in [-0.2, 0) is 54.7 Å². The fraction of sp³-hybridized carbons (Fsp3) is 0.680. The van der Waals surface area contributed by atoms with Crippen LogP contribution in [0.15, 0.2) is 12.1 Å². The largest absolute Gasteiger partial charge is 0.460 e. The normalized spacial score (nSPS) is 28.7. The molecule has 0 heterocycles. The van der Waals surface area contributed by atoms with Gasteiger partial charge in [-0.15, -0.1) is 0 Å². The van der Waals surface area contributed by atoms with Gasteiger partial charge in [0.25, 0.3) is 10.1 Å². The summed E-state index contributed by atoms with van der Waals surface area (Å²) >= 11 is 0. The second-order valence-electron chi connectivity index (χ2n) is 11.7. The van der Waals surface area contributed by atoms with Crippen molar-refractivity contribution < 1.29 is 45.2 Å². The van der Waals surface area contributed by atoms with Crippen LogP contribution >= 0.6 is 0 Å². The van der Waals surface area contributed by atoms with Gasteiger partial charge in [-0.3, -0.25) is 14.1 Å². The minimum Gasteiger partial charge on any atom is -0.460 e. The molecule has 0 spiro atoms. The van der Waals surface area contributed by atoms with Gasteiger partial charge in [0.15, 0.2) is 0 Å². The molecule has 0 amide bonds. The van der Waals surface area contributed by atoms with E-state index in [1.165, 1.54) is 5.56 Å². The first-order chi connectivity index (χ1) is 18.1. The average Bonchev–Trinajstić information content (AvgIpc) is 2.83. The highest BCUT2D eigenvalue weighted by Gasteiger charge is 2.65.